The van der Waals surface area contributed by atoms with E-state index in [1.54, 1.807) is 6.07 Å². The number of nitrogens with zero attached hydrogens (tertiary/aromatic N) is 4. The number of aliphatic carboxylic acids is 1. The summed E-state index contributed by atoms with van der Waals surface area (Å²) < 4.78 is 62.3. The first-order chi connectivity index (χ1) is 29.3. The van der Waals surface area contributed by atoms with Crippen LogP contribution in [0.25, 0.3) is 11.2 Å². The molecule has 63 heavy (non-hydrogen) atoms. The molecule has 1 aliphatic heterocycles. The Morgan fingerprint density at radius 2 is 1.73 bits per heavy atom. The van der Waals surface area contributed by atoms with Crippen LogP contribution in [0.4, 0.5) is 5.82 Å². The molecule has 1 fully saturated rings. The number of nitrogen functional groups attached to an aromatic ring is 1. The van der Waals surface area contributed by atoms with E-state index in [2.05, 4.69) is 34.4 Å². The van der Waals surface area contributed by atoms with Gasteiger partial charge in [0.05, 0.1) is 26.0 Å². The Bertz CT molecular complexity index is 2260. The Balaban J connectivity index is 1.21. The molecule has 0 bridgehead atoms. The monoisotopic (exact) mass is 971 g/mol. The number of carboxylic acids is 1. The van der Waals surface area contributed by atoms with E-state index in [0.29, 0.717) is 0 Å². The average Bonchev–Trinajstić information content (AvgIpc) is 3.74. The Kier molecular flexibility index (Phi) is 18.1. The quantitative estimate of drug-likeness (QED) is 0.0426. The highest BCUT2D eigenvalue weighted by Gasteiger charge is 2.50. The highest BCUT2D eigenvalue weighted by Crippen LogP contribution is 2.61. The Morgan fingerprint density at radius 1 is 1.03 bits per heavy atom. The van der Waals surface area contributed by atoms with Gasteiger partial charge in [-0.1, -0.05) is 55.4 Å². The molecule has 1 aliphatic rings. The minimum atomic E-state index is -5.60. The molecule has 0 aliphatic carbocycles. The van der Waals surface area contributed by atoms with Gasteiger partial charge in [0, 0.05) is 36.6 Å². The van der Waals surface area contributed by atoms with Crippen LogP contribution < -0.4 is 16.4 Å². The fourth-order valence-electron chi connectivity index (χ4n) is 5.97. The van der Waals surface area contributed by atoms with Crippen LogP contribution in [0, 0.1) is 18.3 Å². The third-order valence-corrected chi connectivity index (χ3v) is 13.2. The minimum absolute atomic E-state index is 0.0182. The van der Waals surface area contributed by atoms with Crippen molar-refractivity contribution in [1.29, 1.82) is 0 Å². The van der Waals surface area contributed by atoms with Crippen LogP contribution in [0.1, 0.15) is 44.0 Å². The van der Waals surface area contributed by atoms with Crippen LogP contribution in [-0.4, -0.2) is 134 Å². The summed E-state index contributed by atoms with van der Waals surface area (Å²) in [5.41, 5.74) is 5.98. The van der Waals surface area contributed by atoms with Crippen LogP contribution in [0.2, 0.25) is 0 Å². The van der Waals surface area contributed by atoms with E-state index in [1.807, 2.05) is 25.1 Å². The third kappa shape index (κ3) is 15.7. The van der Waals surface area contributed by atoms with E-state index < -0.39 is 96.4 Å². The van der Waals surface area contributed by atoms with Gasteiger partial charge in [-0.2, -0.15) is 4.31 Å². The number of nitrogens with two attached hydrogens (primary N) is 1. The summed E-state index contributed by atoms with van der Waals surface area (Å²) in [5.74, 6) is -3.35. The van der Waals surface area contributed by atoms with Gasteiger partial charge < -0.3 is 56.0 Å². The number of hydrogen-bond acceptors (Lipinski definition) is 19. The largest absolute Gasteiger partial charge is 0.481 e. The number of anilines is 1. The number of ether oxygens (including phenoxy) is 1. The van der Waals surface area contributed by atoms with Crippen LogP contribution in [0.5, 0.6) is 0 Å². The number of phosphoric acid groups is 3. The number of phosphoric ester groups is 3. The molecule has 4 rings (SSSR count). The maximum Gasteiger partial charge on any atom is 0.481 e. The number of carbonyl (C=O) groups is 4. The van der Waals surface area contributed by atoms with Crippen molar-refractivity contribution in [2.75, 3.05) is 37.8 Å². The Hall–Kier alpha value is -3.75. The molecule has 0 radical (unpaired) electrons. The van der Waals surface area contributed by atoms with Crippen molar-refractivity contribution < 1.29 is 90.4 Å². The predicted octanol–water partition coefficient (Wildman–Crippen LogP) is 0.307. The molecule has 1 saturated heterocycles. The lowest BCUT2D eigenvalue weighted by Gasteiger charge is -2.30. The fraction of sp³-hybridized carbons (Fsp3) is 0.545. The van der Waals surface area contributed by atoms with Gasteiger partial charge in [0.2, 0.25) is 11.8 Å². The molecule has 3 aromatic rings. The number of benzene rings is 1. The molecule has 0 saturated carbocycles. The Labute approximate surface area is 362 Å². The van der Waals surface area contributed by atoms with Gasteiger partial charge in [0.1, 0.15) is 36.3 Å². The Morgan fingerprint density at radius 3 is 2.40 bits per heavy atom. The van der Waals surface area contributed by atoms with E-state index >= 15 is 0 Å². The molecule has 26 nitrogen and oxygen atoms in total. The minimum Gasteiger partial charge on any atom is -0.481 e. The summed E-state index contributed by atoms with van der Waals surface area (Å²) >= 11 is 0.880. The maximum atomic E-state index is 12.8. The van der Waals surface area contributed by atoms with E-state index in [-0.39, 0.29) is 60.2 Å². The summed E-state index contributed by atoms with van der Waals surface area (Å²) in [4.78, 5) is 100. The van der Waals surface area contributed by atoms with Gasteiger partial charge in [0.15, 0.2) is 22.8 Å². The molecule has 11 N–H and O–H groups in total. The number of aliphatic hydroxyl groups excluding tert-OH is 2. The molecule has 2 amide bonds. The third-order valence-electron chi connectivity index (χ3n) is 9.07. The number of fused-ring (bicyclic) bond motifs is 1. The lowest BCUT2D eigenvalue weighted by Crippen LogP contribution is -2.46. The zero-order valence-corrected chi connectivity index (χ0v) is 37.2. The van der Waals surface area contributed by atoms with Crippen molar-refractivity contribution in [3.63, 3.8) is 0 Å². The maximum absolute atomic E-state index is 12.8. The lowest BCUT2D eigenvalue weighted by molar-refractivity contribution is -0.139. The second kappa shape index (κ2) is 22.0. The number of aromatic nitrogens is 4. The van der Waals surface area contributed by atoms with Crippen molar-refractivity contribution >= 4 is 75.1 Å². The van der Waals surface area contributed by atoms with E-state index in [4.69, 9.17) is 19.5 Å². The van der Waals surface area contributed by atoms with Crippen molar-refractivity contribution in [3.8, 4) is 0 Å². The van der Waals surface area contributed by atoms with Crippen molar-refractivity contribution in [1.82, 2.24) is 30.2 Å². The van der Waals surface area contributed by atoms with E-state index in [9.17, 15) is 67.8 Å². The number of hydrogen-bond donors (Lipinski definition) is 10. The van der Waals surface area contributed by atoms with Crippen molar-refractivity contribution in [2.24, 2.45) is 11.3 Å². The van der Waals surface area contributed by atoms with Gasteiger partial charge >= 0.3 is 29.4 Å². The summed E-state index contributed by atoms with van der Waals surface area (Å²) in [6.07, 6.45) is -7.26. The number of thioether (sulfide) groups is 1. The van der Waals surface area contributed by atoms with E-state index in [0.717, 1.165) is 40.1 Å². The zero-order valence-electron chi connectivity index (χ0n) is 33.7. The summed E-state index contributed by atoms with van der Waals surface area (Å²) in [5, 5.41) is 35.4. The molecule has 350 valence electrons. The van der Waals surface area contributed by atoms with Gasteiger partial charge in [-0.05, 0) is 18.9 Å². The van der Waals surface area contributed by atoms with Crippen molar-refractivity contribution in [3.05, 3.63) is 48.0 Å². The smallest absolute Gasteiger partial charge is 0.481 e. The summed E-state index contributed by atoms with van der Waals surface area (Å²) in [6, 6.07) is 7.37. The first-order valence-electron chi connectivity index (χ1n) is 18.6. The molecule has 8 unspecified atom stereocenters. The molecule has 0 spiro atoms. The number of amides is 2. The van der Waals surface area contributed by atoms with Crippen LogP contribution in [-0.2, 0) is 61.9 Å². The molecule has 2 aromatic heterocycles. The molecular formula is C33H48N7O19P3S. The normalized spacial score (nSPS) is 21.0. The first-order valence-corrected chi connectivity index (χ1v) is 24.1. The molecule has 8 atom stereocenters. The first kappa shape index (κ1) is 51.9. The number of imidazole rings is 1. The number of carbonyl (C=O) groups excluding carboxylic acids is 3. The average molecular weight is 972 g/mol. The number of aliphatic hydroxyl groups is 2. The van der Waals surface area contributed by atoms with E-state index in [1.165, 1.54) is 13.8 Å². The number of carboxylic acid groups (broad SMARTS) is 1. The zero-order chi connectivity index (χ0) is 46.9. The standard InChI is InChI=1S/C33H48N7O19P3S/c1-18-5-4-6-19(11-18)12-20(13-23(42)43)32(47)63-10-9-35-22(41)7-8-36-30(46)27(45)33(2,3)15-56-62(53,54)59-61(51,52)55-14-21-26(58-60(48,49)50)25(44)31(57-21)40-17-39-24-28(34)37-16-38-29(24)40/h4-6,11,16-17,20-21,25-27,31,44-45H,7-10,12-15H2,1-3H3,(H,35,41)(H,36,46)(H,42,43)(H,51,52)(H,53,54)(H2,34,37,38)(H2,48,49,50). The van der Waals surface area contributed by atoms with Gasteiger partial charge in [-0.25, -0.2) is 28.6 Å². The number of aryl methyl sites for hydroxylation is 1. The topological polar surface area (TPSA) is 401 Å². The van der Waals surface area contributed by atoms with Gasteiger partial charge in [-0.3, -0.25) is 37.3 Å². The van der Waals surface area contributed by atoms with Crippen LogP contribution >= 0.6 is 35.2 Å². The highest BCUT2D eigenvalue weighted by atomic mass is 32.2. The van der Waals surface area contributed by atoms with Crippen LogP contribution in [0.15, 0.2) is 36.9 Å². The number of nitrogens with one attached hydrogen (secondary N) is 2. The molecule has 30 heteroatoms. The summed E-state index contributed by atoms with van der Waals surface area (Å²) in [7, 11) is -16.5. The van der Waals surface area contributed by atoms with Crippen molar-refractivity contribution in [2.45, 2.75) is 70.7 Å². The highest BCUT2D eigenvalue weighted by molar-refractivity contribution is 8.13. The SMILES string of the molecule is Cc1cccc(CC(CC(=O)O)C(=O)SCCNC(=O)CCNC(=O)C(O)C(C)(C)COP(=O)(O)OP(=O)(O)OCC2OC(n3cnc4c(N)ncnc43)C(O)C2OP(=O)(O)O)c1. The second-order valence-electron chi connectivity index (χ2n) is 14.7. The van der Waals surface area contributed by atoms with Crippen LogP contribution in [0.3, 0.4) is 0 Å². The van der Waals surface area contributed by atoms with Gasteiger partial charge in [0.25, 0.3) is 0 Å². The molecule has 1 aromatic carbocycles. The summed E-state index contributed by atoms with van der Waals surface area (Å²) in [6.45, 7) is 2.04. The second-order valence-corrected chi connectivity index (χ2v) is 20.1. The lowest BCUT2D eigenvalue weighted by atomic mass is 9.87. The molecule has 3 heterocycles. The van der Waals surface area contributed by atoms with Gasteiger partial charge in [-0.15, -0.1) is 0 Å². The fourth-order valence-corrected chi connectivity index (χ4v) is 9.61. The number of rotatable bonds is 24. The molecular weight excluding hydrogens is 923 g/mol. The predicted molar refractivity (Wildman–Crippen MR) is 218 cm³/mol.